The minimum absolute atomic E-state index is 0.0208. The maximum absolute atomic E-state index is 12.1. The molecule has 0 bridgehead atoms. The molecule has 1 rings (SSSR count). The van der Waals surface area contributed by atoms with E-state index in [-0.39, 0.29) is 5.91 Å². The highest BCUT2D eigenvalue weighted by atomic mass is 16.1. The SMILES string of the molecule is CCN(CC)CCCCCNC(=O)c1cccc(N(C)C)c1. The lowest BCUT2D eigenvalue weighted by Crippen LogP contribution is -2.26. The molecule has 4 nitrogen and oxygen atoms in total. The largest absolute Gasteiger partial charge is 0.378 e. The number of nitrogens with zero attached hydrogens (tertiary/aromatic N) is 2. The number of unbranched alkanes of at least 4 members (excludes halogenated alkanes) is 2. The van der Waals surface area contributed by atoms with Crippen LogP contribution in [0.5, 0.6) is 0 Å². The Hall–Kier alpha value is -1.55. The molecule has 0 spiro atoms. The molecule has 124 valence electrons. The van der Waals surface area contributed by atoms with Gasteiger partial charge in [0.05, 0.1) is 0 Å². The van der Waals surface area contributed by atoms with Gasteiger partial charge in [-0.25, -0.2) is 0 Å². The summed E-state index contributed by atoms with van der Waals surface area (Å²) in [6.07, 6.45) is 3.41. The van der Waals surface area contributed by atoms with E-state index < -0.39 is 0 Å². The van der Waals surface area contributed by atoms with Crippen LogP contribution in [0.25, 0.3) is 0 Å². The first-order chi connectivity index (χ1) is 10.6. The van der Waals surface area contributed by atoms with Gasteiger partial charge in [-0.05, 0) is 50.7 Å². The Balaban J connectivity index is 2.25. The van der Waals surface area contributed by atoms with Gasteiger partial charge in [0.15, 0.2) is 0 Å². The third-order valence-electron chi connectivity index (χ3n) is 3.96. The third kappa shape index (κ3) is 6.48. The van der Waals surface area contributed by atoms with Gasteiger partial charge in [0.25, 0.3) is 5.91 Å². The number of nitrogens with one attached hydrogen (secondary N) is 1. The zero-order chi connectivity index (χ0) is 16.4. The van der Waals surface area contributed by atoms with E-state index in [1.165, 1.54) is 6.42 Å². The molecule has 0 aliphatic heterocycles. The van der Waals surface area contributed by atoms with Crippen molar-refractivity contribution in [2.75, 3.05) is 45.2 Å². The van der Waals surface area contributed by atoms with Crippen molar-refractivity contribution in [1.82, 2.24) is 10.2 Å². The van der Waals surface area contributed by atoms with Gasteiger partial charge in [-0.3, -0.25) is 4.79 Å². The summed E-state index contributed by atoms with van der Waals surface area (Å²) in [7, 11) is 3.96. The first-order valence-electron chi connectivity index (χ1n) is 8.36. The molecule has 0 saturated carbocycles. The lowest BCUT2D eigenvalue weighted by Gasteiger charge is -2.17. The fraction of sp³-hybridized carbons (Fsp3) is 0.611. The lowest BCUT2D eigenvalue weighted by atomic mass is 10.1. The van der Waals surface area contributed by atoms with Crippen molar-refractivity contribution in [3.63, 3.8) is 0 Å². The predicted molar refractivity (Wildman–Crippen MR) is 94.7 cm³/mol. The third-order valence-corrected chi connectivity index (χ3v) is 3.96. The maximum Gasteiger partial charge on any atom is 0.251 e. The number of carbonyl (C=O) groups excluding carboxylic acids is 1. The molecule has 1 amide bonds. The number of carbonyl (C=O) groups is 1. The normalized spacial score (nSPS) is 10.8. The molecule has 1 aromatic rings. The van der Waals surface area contributed by atoms with Crippen molar-refractivity contribution in [3.8, 4) is 0 Å². The van der Waals surface area contributed by atoms with Gasteiger partial charge in [-0.1, -0.05) is 26.3 Å². The summed E-state index contributed by atoms with van der Waals surface area (Å²) in [5.74, 6) is 0.0208. The van der Waals surface area contributed by atoms with E-state index in [1.54, 1.807) is 0 Å². The molecule has 0 heterocycles. The highest BCUT2D eigenvalue weighted by Crippen LogP contribution is 2.13. The quantitative estimate of drug-likeness (QED) is 0.675. The number of amides is 1. The second kappa shape index (κ2) is 10.2. The fourth-order valence-corrected chi connectivity index (χ4v) is 2.41. The van der Waals surface area contributed by atoms with E-state index in [9.17, 15) is 4.79 Å². The van der Waals surface area contributed by atoms with Crippen molar-refractivity contribution in [3.05, 3.63) is 29.8 Å². The number of anilines is 1. The molecular weight excluding hydrogens is 274 g/mol. The van der Waals surface area contributed by atoms with E-state index >= 15 is 0 Å². The molecule has 22 heavy (non-hydrogen) atoms. The van der Waals surface area contributed by atoms with Gasteiger partial charge < -0.3 is 15.1 Å². The zero-order valence-electron chi connectivity index (χ0n) is 14.6. The van der Waals surface area contributed by atoms with Crippen molar-refractivity contribution in [2.24, 2.45) is 0 Å². The average molecular weight is 305 g/mol. The molecule has 4 heteroatoms. The summed E-state index contributed by atoms with van der Waals surface area (Å²) in [6, 6.07) is 7.72. The minimum atomic E-state index is 0.0208. The van der Waals surface area contributed by atoms with E-state index in [2.05, 4.69) is 24.1 Å². The van der Waals surface area contributed by atoms with Crippen LogP contribution in [0.4, 0.5) is 5.69 Å². The molecule has 0 atom stereocenters. The molecule has 0 aliphatic rings. The first kappa shape index (κ1) is 18.5. The molecular formula is C18H31N3O. The van der Waals surface area contributed by atoms with Crippen LogP contribution in [0.3, 0.4) is 0 Å². The topological polar surface area (TPSA) is 35.6 Å². The number of rotatable bonds is 10. The summed E-state index contributed by atoms with van der Waals surface area (Å²) >= 11 is 0. The smallest absolute Gasteiger partial charge is 0.251 e. The van der Waals surface area contributed by atoms with Crippen LogP contribution in [-0.2, 0) is 0 Å². The van der Waals surface area contributed by atoms with Gasteiger partial charge in [0.2, 0.25) is 0 Å². The standard InChI is InChI=1S/C18H31N3O/c1-5-21(6-2)14-9-7-8-13-19-18(22)16-11-10-12-17(15-16)20(3)4/h10-12,15H,5-9,13-14H2,1-4H3,(H,19,22). The highest BCUT2D eigenvalue weighted by molar-refractivity contribution is 5.95. The van der Waals surface area contributed by atoms with Crippen LogP contribution in [0.2, 0.25) is 0 Å². The summed E-state index contributed by atoms with van der Waals surface area (Å²) in [6.45, 7) is 8.55. The van der Waals surface area contributed by atoms with Crippen LogP contribution in [-0.4, -0.2) is 51.1 Å². The Morgan fingerprint density at radius 2 is 1.82 bits per heavy atom. The van der Waals surface area contributed by atoms with Gasteiger partial charge in [0.1, 0.15) is 0 Å². The molecule has 0 aliphatic carbocycles. The van der Waals surface area contributed by atoms with E-state index in [4.69, 9.17) is 0 Å². The Kier molecular flexibility index (Phi) is 8.60. The Bertz CT molecular complexity index is 442. The van der Waals surface area contributed by atoms with Gasteiger partial charge in [0, 0.05) is 31.9 Å². The summed E-state index contributed by atoms with van der Waals surface area (Å²) in [4.78, 5) is 16.6. The summed E-state index contributed by atoms with van der Waals surface area (Å²) in [5, 5.41) is 3.01. The predicted octanol–water partition coefficient (Wildman–Crippen LogP) is 2.99. The Morgan fingerprint density at radius 3 is 2.45 bits per heavy atom. The Morgan fingerprint density at radius 1 is 1.09 bits per heavy atom. The first-order valence-corrected chi connectivity index (χ1v) is 8.36. The van der Waals surface area contributed by atoms with Crippen molar-refractivity contribution >= 4 is 11.6 Å². The molecule has 0 fully saturated rings. The van der Waals surface area contributed by atoms with E-state index in [0.717, 1.165) is 50.3 Å². The van der Waals surface area contributed by atoms with Crippen LogP contribution >= 0.6 is 0 Å². The van der Waals surface area contributed by atoms with Crippen molar-refractivity contribution in [2.45, 2.75) is 33.1 Å². The van der Waals surface area contributed by atoms with Gasteiger partial charge >= 0.3 is 0 Å². The molecule has 1 N–H and O–H groups in total. The molecule has 0 radical (unpaired) electrons. The molecule has 0 saturated heterocycles. The van der Waals surface area contributed by atoms with Crippen molar-refractivity contribution in [1.29, 1.82) is 0 Å². The molecule has 0 unspecified atom stereocenters. The monoisotopic (exact) mass is 305 g/mol. The summed E-state index contributed by atoms with van der Waals surface area (Å²) in [5.41, 5.74) is 1.78. The maximum atomic E-state index is 12.1. The Labute approximate surface area is 135 Å². The van der Waals surface area contributed by atoms with Crippen LogP contribution in [0.1, 0.15) is 43.5 Å². The van der Waals surface area contributed by atoms with Crippen LogP contribution in [0.15, 0.2) is 24.3 Å². The second-order valence-corrected chi connectivity index (χ2v) is 5.79. The van der Waals surface area contributed by atoms with Crippen LogP contribution in [0, 0.1) is 0 Å². The van der Waals surface area contributed by atoms with Crippen LogP contribution < -0.4 is 10.2 Å². The zero-order valence-corrected chi connectivity index (χ0v) is 14.6. The van der Waals surface area contributed by atoms with E-state index in [1.807, 2.05) is 43.3 Å². The fourth-order valence-electron chi connectivity index (χ4n) is 2.41. The number of benzene rings is 1. The highest BCUT2D eigenvalue weighted by Gasteiger charge is 2.06. The molecule has 1 aromatic carbocycles. The van der Waals surface area contributed by atoms with Gasteiger partial charge in [-0.2, -0.15) is 0 Å². The van der Waals surface area contributed by atoms with Crippen molar-refractivity contribution < 1.29 is 4.79 Å². The second-order valence-electron chi connectivity index (χ2n) is 5.79. The minimum Gasteiger partial charge on any atom is -0.378 e. The summed E-state index contributed by atoms with van der Waals surface area (Å²) < 4.78 is 0. The number of hydrogen-bond donors (Lipinski definition) is 1. The molecule has 0 aromatic heterocycles. The number of hydrogen-bond acceptors (Lipinski definition) is 3. The van der Waals surface area contributed by atoms with Gasteiger partial charge in [-0.15, -0.1) is 0 Å². The average Bonchev–Trinajstić information content (AvgIpc) is 2.54. The lowest BCUT2D eigenvalue weighted by molar-refractivity contribution is 0.0953. The van der Waals surface area contributed by atoms with E-state index in [0.29, 0.717) is 0 Å².